The Labute approximate surface area is 292 Å². The predicted octanol–water partition coefficient (Wildman–Crippen LogP) is 5.42. The van der Waals surface area contributed by atoms with Crippen LogP contribution < -0.4 is 16.1 Å². The molecule has 5 bridgehead atoms. The monoisotopic (exact) mass is 693 g/mol. The van der Waals surface area contributed by atoms with E-state index in [-0.39, 0.29) is 16.9 Å². The Morgan fingerprint density at radius 1 is 1.04 bits per heavy atom. The molecule has 0 spiro atoms. The number of nitrogens with one attached hydrogen (secondary N) is 3. The molecule has 3 amide bonds. The van der Waals surface area contributed by atoms with E-state index in [0.29, 0.717) is 30.6 Å². The molecule has 1 aromatic carbocycles. The summed E-state index contributed by atoms with van der Waals surface area (Å²) in [6.07, 6.45) is 3.63. The smallest absolute Gasteiger partial charge is 0.325 e. The van der Waals surface area contributed by atoms with Gasteiger partial charge in [-0.25, -0.2) is 10.4 Å². The third kappa shape index (κ3) is 8.58. The standard InChI is InChI=1S/C37H55N5O6Si/c1-22(2)31-32(43)38-23(3)33(44)42-20-12-13-29(41-42)34(45)47-24(4)28-17-16-27-15-14-26(21-30(27)39-28)18-19-37(9,35(46)40-31)25(5)48-49(10,11)36(6,7)8/h14-19,21-25,29,31,41H,12-13,20H2,1-11H3,(H,38,43)(H,40,46). The average Bonchev–Trinajstić information content (AvgIpc) is 3.03. The molecule has 0 radical (unpaired) electrons. The molecule has 2 aliphatic rings. The number of hydrazine groups is 1. The molecule has 0 aliphatic carbocycles. The zero-order chi connectivity index (χ0) is 36.5. The van der Waals surface area contributed by atoms with Crippen LogP contribution in [0, 0.1) is 11.3 Å². The molecule has 4 rings (SSSR count). The Hall–Kier alpha value is -3.61. The maximum Gasteiger partial charge on any atom is 0.325 e. The van der Waals surface area contributed by atoms with Gasteiger partial charge in [0.05, 0.1) is 22.7 Å². The lowest BCUT2D eigenvalue weighted by Crippen LogP contribution is -2.61. The zero-order valence-corrected chi connectivity index (χ0v) is 32.0. The first-order chi connectivity index (χ1) is 22.7. The second-order valence-electron chi connectivity index (χ2n) is 15.6. The summed E-state index contributed by atoms with van der Waals surface area (Å²) in [4.78, 5) is 59.6. The minimum absolute atomic E-state index is 0.0940. The fourth-order valence-corrected chi connectivity index (χ4v) is 7.23. The molecular weight excluding hydrogens is 639 g/mol. The summed E-state index contributed by atoms with van der Waals surface area (Å²) < 4.78 is 12.6. The van der Waals surface area contributed by atoms with Crippen LogP contribution in [-0.4, -0.2) is 72.8 Å². The Morgan fingerprint density at radius 3 is 2.37 bits per heavy atom. The third-order valence-electron chi connectivity index (χ3n) is 10.4. The molecule has 12 heteroatoms. The molecule has 2 aromatic rings. The van der Waals surface area contributed by atoms with E-state index in [0.717, 1.165) is 10.9 Å². The van der Waals surface area contributed by atoms with Crippen molar-refractivity contribution >= 4 is 49.0 Å². The van der Waals surface area contributed by atoms with Gasteiger partial charge in [-0.1, -0.05) is 65.0 Å². The van der Waals surface area contributed by atoms with E-state index in [2.05, 4.69) is 49.9 Å². The fourth-order valence-electron chi connectivity index (χ4n) is 5.75. The van der Waals surface area contributed by atoms with Gasteiger partial charge in [-0.05, 0) is 82.3 Å². The highest BCUT2D eigenvalue weighted by Crippen LogP contribution is 2.40. The van der Waals surface area contributed by atoms with Crippen molar-refractivity contribution in [2.75, 3.05) is 6.54 Å². The molecule has 1 aromatic heterocycles. The molecular formula is C37H55N5O6Si. The van der Waals surface area contributed by atoms with E-state index in [4.69, 9.17) is 14.1 Å². The van der Waals surface area contributed by atoms with Crippen molar-refractivity contribution in [2.45, 2.75) is 124 Å². The second-order valence-corrected chi connectivity index (χ2v) is 20.4. The Bertz CT molecular complexity index is 1600. The van der Waals surface area contributed by atoms with Gasteiger partial charge in [0.25, 0.3) is 5.91 Å². The fraction of sp³-hybridized carbons (Fsp3) is 0.595. The van der Waals surface area contributed by atoms with Crippen LogP contribution >= 0.6 is 0 Å². The highest BCUT2D eigenvalue weighted by Gasteiger charge is 2.46. The molecule has 11 nitrogen and oxygen atoms in total. The molecule has 1 saturated heterocycles. The number of carbonyl (C=O) groups excluding carboxylic acids is 4. The van der Waals surface area contributed by atoms with E-state index in [1.165, 1.54) is 5.01 Å². The van der Waals surface area contributed by atoms with Crippen LogP contribution in [0.25, 0.3) is 17.0 Å². The Balaban J connectivity index is 1.80. The van der Waals surface area contributed by atoms with Crippen molar-refractivity contribution in [3.8, 4) is 0 Å². The number of esters is 1. The van der Waals surface area contributed by atoms with Crippen LogP contribution in [-0.2, 0) is 28.3 Å². The van der Waals surface area contributed by atoms with E-state index in [9.17, 15) is 19.2 Å². The maximum absolute atomic E-state index is 14.4. The number of cyclic esters (lactones) is 1. The van der Waals surface area contributed by atoms with Crippen molar-refractivity contribution in [1.29, 1.82) is 0 Å². The van der Waals surface area contributed by atoms with Crippen LogP contribution in [0.5, 0.6) is 0 Å². The summed E-state index contributed by atoms with van der Waals surface area (Å²) in [7, 11) is -2.31. The summed E-state index contributed by atoms with van der Waals surface area (Å²) in [6.45, 7) is 21.9. The molecule has 49 heavy (non-hydrogen) atoms. The number of fused-ring (bicyclic) bond motifs is 4. The van der Waals surface area contributed by atoms with Gasteiger partial charge in [0.1, 0.15) is 24.2 Å². The number of aromatic nitrogens is 1. The molecule has 1 fully saturated rings. The van der Waals surface area contributed by atoms with Gasteiger partial charge in [0, 0.05) is 11.9 Å². The second kappa shape index (κ2) is 14.7. The number of nitrogens with zero attached hydrogens (tertiary/aromatic N) is 2. The van der Waals surface area contributed by atoms with Gasteiger partial charge in [-0.15, -0.1) is 0 Å². The lowest BCUT2D eigenvalue weighted by molar-refractivity contribution is -0.157. The molecule has 3 N–H and O–H groups in total. The number of rotatable bonds is 4. The van der Waals surface area contributed by atoms with Crippen LogP contribution in [0.3, 0.4) is 0 Å². The number of benzene rings is 1. The topological polar surface area (TPSA) is 139 Å². The SMILES string of the molecule is CC1NC(=O)C(C(C)C)NC(=O)C(C)(C(C)O[Si](C)(C)C(C)(C)C)C=Cc2ccc3ccc(nc3c2)C(C)OC(=O)C2CCCN(N2)C1=O. The largest absolute Gasteiger partial charge is 0.455 e. The lowest BCUT2D eigenvalue weighted by Gasteiger charge is -2.43. The van der Waals surface area contributed by atoms with Crippen LogP contribution in [0.2, 0.25) is 18.1 Å². The van der Waals surface area contributed by atoms with Crippen LogP contribution in [0.15, 0.2) is 36.4 Å². The van der Waals surface area contributed by atoms with Crippen LogP contribution in [0.4, 0.5) is 0 Å². The van der Waals surface area contributed by atoms with Gasteiger partial charge in [-0.2, -0.15) is 0 Å². The predicted molar refractivity (Wildman–Crippen MR) is 193 cm³/mol. The molecule has 268 valence electrons. The van der Waals surface area contributed by atoms with E-state index >= 15 is 0 Å². The Morgan fingerprint density at radius 2 is 1.71 bits per heavy atom. The van der Waals surface area contributed by atoms with E-state index < -0.39 is 61.8 Å². The summed E-state index contributed by atoms with van der Waals surface area (Å²) in [6, 6.07) is 7.05. The highest BCUT2D eigenvalue weighted by atomic mass is 28.4. The summed E-state index contributed by atoms with van der Waals surface area (Å²) in [5.74, 6) is -2.00. The average molecular weight is 694 g/mol. The number of pyridine rings is 1. The summed E-state index contributed by atoms with van der Waals surface area (Å²) in [5.41, 5.74) is 3.95. The van der Waals surface area contributed by atoms with Gasteiger partial charge in [-0.3, -0.25) is 24.2 Å². The van der Waals surface area contributed by atoms with Crippen molar-refractivity contribution in [3.63, 3.8) is 0 Å². The first kappa shape index (κ1) is 38.2. The number of amides is 3. The van der Waals surface area contributed by atoms with E-state index in [1.54, 1.807) is 13.8 Å². The number of hydrogen-bond donors (Lipinski definition) is 3. The number of ether oxygens (including phenoxy) is 1. The van der Waals surface area contributed by atoms with Crippen LogP contribution in [0.1, 0.15) is 92.5 Å². The highest BCUT2D eigenvalue weighted by molar-refractivity contribution is 6.74. The van der Waals surface area contributed by atoms with Gasteiger partial charge in [0.15, 0.2) is 8.32 Å². The minimum atomic E-state index is -2.31. The number of carbonyl (C=O) groups is 4. The molecule has 3 heterocycles. The molecule has 6 unspecified atom stereocenters. The lowest BCUT2D eigenvalue weighted by atomic mass is 9.82. The van der Waals surface area contributed by atoms with Crippen molar-refractivity contribution in [1.82, 2.24) is 26.1 Å². The Kier molecular flexibility index (Phi) is 11.5. The number of hydrogen-bond acceptors (Lipinski definition) is 8. The molecule has 2 aliphatic heterocycles. The van der Waals surface area contributed by atoms with Gasteiger partial charge in [0.2, 0.25) is 11.8 Å². The third-order valence-corrected chi connectivity index (χ3v) is 14.9. The summed E-state index contributed by atoms with van der Waals surface area (Å²) >= 11 is 0. The molecule has 6 atom stereocenters. The first-order valence-electron chi connectivity index (χ1n) is 17.4. The minimum Gasteiger partial charge on any atom is -0.455 e. The quantitative estimate of drug-likeness (QED) is 0.285. The first-order valence-corrected chi connectivity index (χ1v) is 20.3. The normalized spacial score (nSPS) is 27.1. The van der Waals surface area contributed by atoms with Crippen molar-refractivity contribution < 1.29 is 28.3 Å². The van der Waals surface area contributed by atoms with Gasteiger partial charge >= 0.3 is 5.97 Å². The van der Waals surface area contributed by atoms with Crippen molar-refractivity contribution in [2.24, 2.45) is 11.3 Å². The van der Waals surface area contributed by atoms with Crippen molar-refractivity contribution in [3.05, 3.63) is 47.7 Å². The molecule has 0 saturated carbocycles. The van der Waals surface area contributed by atoms with E-state index in [1.807, 2.05) is 70.2 Å². The maximum atomic E-state index is 14.4. The zero-order valence-electron chi connectivity index (χ0n) is 31.0. The van der Waals surface area contributed by atoms with Gasteiger partial charge < -0.3 is 19.8 Å². The summed E-state index contributed by atoms with van der Waals surface area (Å²) in [5, 5.41) is 8.01.